The summed E-state index contributed by atoms with van der Waals surface area (Å²) in [6, 6.07) is 15.6. The van der Waals surface area contributed by atoms with Crippen LogP contribution in [0.3, 0.4) is 0 Å². The first kappa shape index (κ1) is 23.9. The fraction of sp³-hybridized carbons (Fsp3) is 0.357. The van der Waals surface area contributed by atoms with E-state index in [0.29, 0.717) is 27.6 Å². The maximum Gasteiger partial charge on any atom is 0.282 e. The number of likely N-dealkylation sites (N-methyl/N-ethyl adjacent to an activating group) is 1. The SMILES string of the molecule is CN1CCN(c2ccc(Nc3ncc4c(=O)n(-c5cccc(Cl)c5)nc(C5CCCC5)c4n3)cc2)CC1. The molecule has 1 aliphatic heterocycles. The van der Waals surface area contributed by atoms with Crippen molar-refractivity contribution in [3.63, 3.8) is 0 Å². The average Bonchev–Trinajstić information content (AvgIpc) is 3.45. The van der Waals surface area contributed by atoms with Crippen LogP contribution in [0.4, 0.5) is 17.3 Å². The Morgan fingerprint density at radius 2 is 1.73 bits per heavy atom. The molecule has 0 bridgehead atoms. The third-order valence-electron chi connectivity index (χ3n) is 7.45. The lowest BCUT2D eigenvalue weighted by Crippen LogP contribution is -2.44. The molecule has 4 aromatic rings. The molecular formula is C28H30ClN7O. The van der Waals surface area contributed by atoms with Crippen LogP contribution in [0.2, 0.25) is 5.02 Å². The highest BCUT2D eigenvalue weighted by Gasteiger charge is 2.25. The topological polar surface area (TPSA) is 79.2 Å². The summed E-state index contributed by atoms with van der Waals surface area (Å²) >= 11 is 6.21. The van der Waals surface area contributed by atoms with Gasteiger partial charge in [-0.2, -0.15) is 9.78 Å². The van der Waals surface area contributed by atoms with Crippen molar-refractivity contribution in [2.24, 2.45) is 0 Å². The molecule has 1 N–H and O–H groups in total. The summed E-state index contributed by atoms with van der Waals surface area (Å²) < 4.78 is 1.44. The van der Waals surface area contributed by atoms with Crippen molar-refractivity contribution in [2.45, 2.75) is 31.6 Å². The lowest BCUT2D eigenvalue weighted by molar-refractivity contribution is 0.313. The number of piperazine rings is 1. The van der Waals surface area contributed by atoms with E-state index >= 15 is 0 Å². The quantitative estimate of drug-likeness (QED) is 0.401. The van der Waals surface area contributed by atoms with Crippen molar-refractivity contribution in [3.8, 4) is 5.69 Å². The normalized spacial score (nSPS) is 17.0. The molecule has 37 heavy (non-hydrogen) atoms. The number of benzene rings is 2. The van der Waals surface area contributed by atoms with E-state index in [9.17, 15) is 4.79 Å². The third kappa shape index (κ3) is 4.91. The fourth-order valence-electron chi connectivity index (χ4n) is 5.31. The van der Waals surface area contributed by atoms with Gasteiger partial charge in [0.25, 0.3) is 5.56 Å². The highest BCUT2D eigenvalue weighted by atomic mass is 35.5. The van der Waals surface area contributed by atoms with Gasteiger partial charge in [0.2, 0.25) is 5.95 Å². The number of aromatic nitrogens is 4. The van der Waals surface area contributed by atoms with E-state index in [0.717, 1.165) is 63.2 Å². The Bertz CT molecular complexity index is 1470. The number of nitrogens with one attached hydrogen (secondary N) is 1. The van der Waals surface area contributed by atoms with Crippen molar-refractivity contribution in [2.75, 3.05) is 43.4 Å². The van der Waals surface area contributed by atoms with Gasteiger partial charge in [-0.1, -0.05) is 30.5 Å². The van der Waals surface area contributed by atoms with E-state index in [4.69, 9.17) is 21.7 Å². The molecule has 0 atom stereocenters. The van der Waals surface area contributed by atoms with Gasteiger partial charge in [-0.15, -0.1) is 0 Å². The van der Waals surface area contributed by atoms with Gasteiger partial charge in [0.05, 0.1) is 16.8 Å². The van der Waals surface area contributed by atoms with Gasteiger partial charge in [-0.05, 0) is 62.4 Å². The van der Waals surface area contributed by atoms with E-state index in [1.54, 1.807) is 18.3 Å². The van der Waals surface area contributed by atoms with E-state index < -0.39 is 0 Å². The molecule has 0 radical (unpaired) electrons. The fourth-order valence-corrected chi connectivity index (χ4v) is 5.50. The van der Waals surface area contributed by atoms with Crippen LogP contribution in [0.5, 0.6) is 0 Å². The number of anilines is 3. The molecule has 0 unspecified atom stereocenters. The molecule has 2 aliphatic rings. The zero-order valence-electron chi connectivity index (χ0n) is 20.9. The van der Waals surface area contributed by atoms with Gasteiger partial charge >= 0.3 is 0 Å². The highest BCUT2D eigenvalue weighted by Crippen LogP contribution is 2.35. The molecule has 1 saturated carbocycles. The summed E-state index contributed by atoms with van der Waals surface area (Å²) in [4.78, 5) is 27.5. The number of fused-ring (bicyclic) bond motifs is 1. The predicted molar refractivity (Wildman–Crippen MR) is 149 cm³/mol. The van der Waals surface area contributed by atoms with Crippen molar-refractivity contribution in [1.29, 1.82) is 0 Å². The number of nitrogens with zero attached hydrogens (tertiary/aromatic N) is 6. The van der Waals surface area contributed by atoms with Crippen LogP contribution in [-0.4, -0.2) is 57.9 Å². The minimum atomic E-state index is -0.248. The lowest BCUT2D eigenvalue weighted by Gasteiger charge is -2.34. The van der Waals surface area contributed by atoms with Crippen LogP contribution < -0.4 is 15.8 Å². The van der Waals surface area contributed by atoms with Gasteiger partial charge in [-0.3, -0.25) is 4.79 Å². The van der Waals surface area contributed by atoms with E-state index in [1.165, 1.54) is 10.4 Å². The number of rotatable bonds is 5. The highest BCUT2D eigenvalue weighted by molar-refractivity contribution is 6.30. The largest absolute Gasteiger partial charge is 0.369 e. The zero-order valence-corrected chi connectivity index (χ0v) is 21.7. The molecule has 6 rings (SSSR count). The molecule has 0 spiro atoms. The molecule has 1 saturated heterocycles. The van der Waals surface area contributed by atoms with E-state index in [-0.39, 0.29) is 11.5 Å². The molecular weight excluding hydrogens is 486 g/mol. The van der Waals surface area contributed by atoms with Crippen molar-refractivity contribution in [1.82, 2.24) is 24.6 Å². The predicted octanol–water partition coefficient (Wildman–Crippen LogP) is 4.98. The minimum Gasteiger partial charge on any atom is -0.369 e. The standard InChI is InChI=1S/C28H30ClN7O/c1-34-13-15-35(16-14-34)22-11-9-21(10-12-22)31-28-30-18-24-26(32-28)25(19-5-2-3-6-19)33-36(27(24)37)23-8-4-7-20(29)17-23/h4,7-12,17-19H,2-3,5-6,13-16H2,1H3,(H,30,31,32). The van der Waals surface area contributed by atoms with Gasteiger partial charge in [0, 0.05) is 54.7 Å². The number of hydrogen-bond donors (Lipinski definition) is 1. The average molecular weight is 516 g/mol. The lowest BCUT2D eigenvalue weighted by atomic mass is 10.0. The second-order valence-corrected chi connectivity index (χ2v) is 10.4. The van der Waals surface area contributed by atoms with Crippen LogP contribution in [-0.2, 0) is 0 Å². The summed E-state index contributed by atoms with van der Waals surface area (Å²) in [5.74, 6) is 0.722. The summed E-state index contributed by atoms with van der Waals surface area (Å²) in [5, 5.41) is 9.17. The Morgan fingerprint density at radius 3 is 2.46 bits per heavy atom. The first-order chi connectivity index (χ1) is 18.0. The third-order valence-corrected chi connectivity index (χ3v) is 7.68. The summed E-state index contributed by atoms with van der Waals surface area (Å²) in [7, 11) is 2.16. The Balaban J connectivity index is 1.34. The molecule has 1 aliphatic carbocycles. The van der Waals surface area contributed by atoms with E-state index in [1.807, 2.05) is 12.1 Å². The molecule has 2 aromatic heterocycles. The second-order valence-electron chi connectivity index (χ2n) is 9.98. The summed E-state index contributed by atoms with van der Waals surface area (Å²) in [5.41, 5.74) is 3.99. The zero-order chi connectivity index (χ0) is 25.4. The Kier molecular flexibility index (Phi) is 6.52. The molecule has 2 fully saturated rings. The molecule has 9 heteroatoms. The molecule has 8 nitrogen and oxygen atoms in total. The molecule has 0 amide bonds. The van der Waals surface area contributed by atoms with Crippen LogP contribution in [0.15, 0.2) is 59.5 Å². The Morgan fingerprint density at radius 1 is 0.973 bits per heavy atom. The van der Waals surface area contributed by atoms with Gasteiger partial charge in [-0.25, -0.2) is 9.97 Å². The summed E-state index contributed by atoms with van der Waals surface area (Å²) in [6.07, 6.45) is 6.00. The Hall–Kier alpha value is -3.49. The van der Waals surface area contributed by atoms with Crippen molar-refractivity contribution in [3.05, 3.63) is 75.8 Å². The van der Waals surface area contributed by atoms with Crippen LogP contribution in [0.25, 0.3) is 16.6 Å². The maximum atomic E-state index is 13.4. The number of hydrogen-bond acceptors (Lipinski definition) is 7. The first-order valence-corrected chi connectivity index (χ1v) is 13.3. The Labute approximate surface area is 220 Å². The van der Waals surface area contributed by atoms with Crippen molar-refractivity contribution >= 4 is 39.8 Å². The van der Waals surface area contributed by atoms with Gasteiger partial charge < -0.3 is 15.1 Å². The van der Waals surface area contributed by atoms with Crippen LogP contribution >= 0.6 is 11.6 Å². The monoisotopic (exact) mass is 515 g/mol. The van der Waals surface area contributed by atoms with E-state index in [2.05, 4.69) is 51.4 Å². The maximum absolute atomic E-state index is 13.4. The van der Waals surface area contributed by atoms with Crippen molar-refractivity contribution < 1.29 is 0 Å². The summed E-state index contributed by atoms with van der Waals surface area (Å²) in [6.45, 7) is 4.20. The minimum absolute atomic E-state index is 0.248. The van der Waals surface area contributed by atoms with Crippen LogP contribution in [0.1, 0.15) is 37.3 Å². The van der Waals surface area contributed by atoms with Gasteiger partial charge in [0.1, 0.15) is 5.52 Å². The molecule has 190 valence electrons. The smallest absolute Gasteiger partial charge is 0.282 e. The molecule has 3 heterocycles. The first-order valence-electron chi connectivity index (χ1n) is 12.9. The number of halogens is 1. The van der Waals surface area contributed by atoms with Gasteiger partial charge in [0.15, 0.2) is 0 Å². The van der Waals surface area contributed by atoms with Crippen LogP contribution in [0, 0.1) is 0 Å². The molecule has 2 aromatic carbocycles. The second kappa shape index (κ2) is 10.1.